The molecule has 1 aliphatic rings. The molecular weight excluding hydrogens is 240 g/mol. The number of para-hydroxylation sites is 1. The molecule has 1 unspecified atom stereocenters. The van der Waals surface area contributed by atoms with Crippen molar-refractivity contribution in [1.82, 2.24) is 10.2 Å². The monoisotopic (exact) mass is 260 g/mol. The van der Waals surface area contributed by atoms with Crippen LogP contribution in [-0.2, 0) is 11.3 Å². The first-order valence-electron chi connectivity index (χ1n) is 6.81. The minimum Gasteiger partial charge on any atom is -0.460 e. The molecule has 0 saturated carbocycles. The Morgan fingerprint density at radius 3 is 3.11 bits per heavy atom. The van der Waals surface area contributed by atoms with Crippen molar-refractivity contribution in [2.24, 2.45) is 0 Å². The summed E-state index contributed by atoms with van der Waals surface area (Å²) in [5.74, 6) is 1.03. The van der Waals surface area contributed by atoms with Gasteiger partial charge in [-0.25, -0.2) is 0 Å². The lowest BCUT2D eigenvalue weighted by atomic mass is 10.2. The van der Waals surface area contributed by atoms with Gasteiger partial charge >= 0.3 is 0 Å². The van der Waals surface area contributed by atoms with Crippen molar-refractivity contribution in [3.8, 4) is 0 Å². The summed E-state index contributed by atoms with van der Waals surface area (Å²) in [5, 5.41) is 4.35. The van der Waals surface area contributed by atoms with Crippen LogP contribution in [0, 0.1) is 0 Å². The number of nitrogens with one attached hydrogen (secondary N) is 1. The van der Waals surface area contributed by atoms with Crippen molar-refractivity contribution in [1.29, 1.82) is 0 Å². The number of morpholine rings is 1. The van der Waals surface area contributed by atoms with E-state index < -0.39 is 0 Å². The fourth-order valence-corrected chi connectivity index (χ4v) is 2.61. The molecule has 102 valence electrons. The molecule has 19 heavy (non-hydrogen) atoms. The highest BCUT2D eigenvalue weighted by molar-refractivity contribution is 5.77. The maximum absolute atomic E-state index is 5.87. The van der Waals surface area contributed by atoms with E-state index in [1.165, 1.54) is 5.39 Å². The maximum atomic E-state index is 5.87. The van der Waals surface area contributed by atoms with E-state index in [0.29, 0.717) is 0 Å². The predicted molar refractivity (Wildman–Crippen MR) is 75.2 cm³/mol. The van der Waals surface area contributed by atoms with E-state index in [-0.39, 0.29) is 6.10 Å². The molecule has 1 fully saturated rings. The number of fused-ring (bicyclic) bond motifs is 1. The normalized spacial score (nSPS) is 21.0. The summed E-state index contributed by atoms with van der Waals surface area (Å²) in [5.41, 5.74) is 0.970. The molecule has 2 heterocycles. The summed E-state index contributed by atoms with van der Waals surface area (Å²) in [6.07, 6.45) is 0.281. The van der Waals surface area contributed by atoms with Crippen molar-refractivity contribution in [2.45, 2.75) is 12.6 Å². The van der Waals surface area contributed by atoms with Gasteiger partial charge in [-0.1, -0.05) is 18.2 Å². The van der Waals surface area contributed by atoms with Gasteiger partial charge < -0.3 is 14.5 Å². The Morgan fingerprint density at radius 2 is 2.26 bits per heavy atom. The second-order valence-corrected chi connectivity index (χ2v) is 5.04. The van der Waals surface area contributed by atoms with Gasteiger partial charge in [-0.05, 0) is 19.2 Å². The van der Waals surface area contributed by atoms with Crippen LogP contribution in [0.1, 0.15) is 5.76 Å². The summed E-state index contributed by atoms with van der Waals surface area (Å²) < 4.78 is 11.6. The summed E-state index contributed by atoms with van der Waals surface area (Å²) in [7, 11) is 1.96. The van der Waals surface area contributed by atoms with E-state index in [1.807, 2.05) is 25.2 Å². The van der Waals surface area contributed by atoms with Crippen LogP contribution >= 0.6 is 0 Å². The largest absolute Gasteiger partial charge is 0.460 e. The number of ether oxygens (including phenoxy) is 1. The predicted octanol–water partition coefficient (Wildman–Crippen LogP) is 1.85. The lowest BCUT2D eigenvalue weighted by molar-refractivity contribution is -0.0307. The van der Waals surface area contributed by atoms with Crippen molar-refractivity contribution in [3.05, 3.63) is 36.1 Å². The molecule has 1 aromatic heterocycles. The number of hydrogen-bond acceptors (Lipinski definition) is 4. The van der Waals surface area contributed by atoms with Crippen molar-refractivity contribution >= 4 is 11.0 Å². The Hall–Kier alpha value is -1.36. The summed E-state index contributed by atoms with van der Waals surface area (Å²) in [4.78, 5) is 2.39. The van der Waals surface area contributed by atoms with Crippen LogP contribution in [0.25, 0.3) is 11.0 Å². The van der Waals surface area contributed by atoms with Crippen LogP contribution in [-0.4, -0.2) is 44.3 Å². The van der Waals surface area contributed by atoms with Crippen LogP contribution in [0.3, 0.4) is 0 Å². The fraction of sp³-hybridized carbons (Fsp3) is 0.467. The Kier molecular flexibility index (Phi) is 3.82. The summed E-state index contributed by atoms with van der Waals surface area (Å²) in [6.45, 7) is 4.48. The van der Waals surface area contributed by atoms with Gasteiger partial charge in [0.05, 0.1) is 19.3 Å². The van der Waals surface area contributed by atoms with Gasteiger partial charge in [-0.3, -0.25) is 4.90 Å². The number of furan rings is 1. The summed E-state index contributed by atoms with van der Waals surface area (Å²) >= 11 is 0. The lowest BCUT2D eigenvalue weighted by Gasteiger charge is -2.32. The molecule has 0 amide bonds. The van der Waals surface area contributed by atoms with E-state index in [0.717, 1.165) is 44.1 Å². The smallest absolute Gasteiger partial charge is 0.134 e. The van der Waals surface area contributed by atoms with Gasteiger partial charge in [-0.15, -0.1) is 0 Å². The first-order chi connectivity index (χ1) is 9.35. The molecule has 2 aromatic rings. The van der Waals surface area contributed by atoms with E-state index in [9.17, 15) is 0 Å². The number of rotatable bonds is 4. The SMILES string of the molecule is CNCC1CN(Cc2cc3ccccc3o2)CCO1. The molecule has 4 heteroatoms. The van der Waals surface area contributed by atoms with Gasteiger partial charge in [0.1, 0.15) is 11.3 Å². The highest BCUT2D eigenvalue weighted by Crippen LogP contribution is 2.20. The van der Waals surface area contributed by atoms with Gasteiger partial charge in [0.15, 0.2) is 0 Å². The molecular formula is C15H20N2O2. The van der Waals surface area contributed by atoms with Crippen LogP contribution in [0.15, 0.2) is 34.7 Å². The Bertz CT molecular complexity index is 503. The van der Waals surface area contributed by atoms with Gasteiger partial charge in [0, 0.05) is 25.0 Å². The zero-order valence-corrected chi connectivity index (χ0v) is 11.3. The Labute approximate surface area is 113 Å². The Morgan fingerprint density at radius 1 is 1.37 bits per heavy atom. The van der Waals surface area contributed by atoms with Crippen LogP contribution < -0.4 is 5.32 Å². The van der Waals surface area contributed by atoms with Crippen LogP contribution in [0.2, 0.25) is 0 Å². The second-order valence-electron chi connectivity index (χ2n) is 5.04. The number of nitrogens with zero attached hydrogens (tertiary/aromatic N) is 1. The van der Waals surface area contributed by atoms with E-state index in [1.54, 1.807) is 0 Å². The zero-order chi connectivity index (χ0) is 13.1. The van der Waals surface area contributed by atoms with Crippen molar-refractivity contribution < 1.29 is 9.15 Å². The minimum absolute atomic E-state index is 0.281. The standard InChI is InChI=1S/C15H20N2O2/c1-16-9-14-11-17(6-7-18-14)10-13-8-12-4-2-3-5-15(12)19-13/h2-5,8,14,16H,6-7,9-11H2,1H3. The minimum atomic E-state index is 0.281. The van der Waals surface area contributed by atoms with Gasteiger partial charge in [0.2, 0.25) is 0 Å². The maximum Gasteiger partial charge on any atom is 0.134 e. The molecule has 1 aliphatic heterocycles. The number of hydrogen-bond donors (Lipinski definition) is 1. The quantitative estimate of drug-likeness (QED) is 0.910. The molecule has 0 radical (unpaired) electrons. The third-order valence-electron chi connectivity index (χ3n) is 3.51. The highest BCUT2D eigenvalue weighted by Gasteiger charge is 2.20. The van der Waals surface area contributed by atoms with Crippen molar-refractivity contribution in [2.75, 3.05) is 33.3 Å². The average molecular weight is 260 g/mol. The first kappa shape index (κ1) is 12.7. The van der Waals surface area contributed by atoms with E-state index in [2.05, 4.69) is 22.3 Å². The molecule has 1 N–H and O–H groups in total. The topological polar surface area (TPSA) is 37.6 Å². The van der Waals surface area contributed by atoms with Crippen molar-refractivity contribution in [3.63, 3.8) is 0 Å². The van der Waals surface area contributed by atoms with E-state index >= 15 is 0 Å². The molecule has 0 bridgehead atoms. The molecule has 0 aliphatic carbocycles. The van der Waals surface area contributed by atoms with Gasteiger partial charge in [0.25, 0.3) is 0 Å². The molecule has 3 rings (SSSR count). The van der Waals surface area contributed by atoms with Crippen LogP contribution in [0.4, 0.5) is 0 Å². The molecule has 1 aromatic carbocycles. The number of benzene rings is 1. The average Bonchev–Trinajstić information content (AvgIpc) is 2.81. The highest BCUT2D eigenvalue weighted by atomic mass is 16.5. The second kappa shape index (κ2) is 5.74. The zero-order valence-electron chi connectivity index (χ0n) is 11.3. The fourth-order valence-electron chi connectivity index (χ4n) is 2.61. The van der Waals surface area contributed by atoms with E-state index in [4.69, 9.17) is 9.15 Å². The third kappa shape index (κ3) is 2.97. The lowest BCUT2D eigenvalue weighted by Crippen LogP contribution is -2.45. The van der Waals surface area contributed by atoms with Crippen LogP contribution in [0.5, 0.6) is 0 Å². The number of likely N-dealkylation sites (N-methyl/N-ethyl adjacent to an activating group) is 1. The third-order valence-corrected chi connectivity index (χ3v) is 3.51. The molecule has 4 nitrogen and oxygen atoms in total. The summed E-state index contributed by atoms with van der Waals surface area (Å²) in [6, 6.07) is 10.3. The Balaban J connectivity index is 1.67. The molecule has 1 saturated heterocycles. The molecule has 1 atom stereocenters. The van der Waals surface area contributed by atoms with Gasteiger partial charge in [-0.2, -0.15) is 0 Å². The first-order valence-corrected chi connectivity index (χ1v) is 6.81. The molecule has 0 spiro atoms.